The van der Waals surface area contributed by atoms with Gasteiger partial charge < -0.3 is 0 Å². The molecule has 0 N–H and O–H groups in total. The van der Waals surface area contributed by atoms with E-state index >= 15 is 0 Å². The normalized spacial score (nSPS) is 12.7. The molecule has 0 aliphatic rings. The summed E-state index contributed by atoms with van der Waals surface area (Å²) in [5.41, 5.74) is 1.07. The summed E-state index contributed by atoms with van der Waals surface area (Å²) in [4.78, 5) is 1.00. The third-order valence-electron chi connectivity index (χ3n) is 2.27. The number of rotatable bonds is 4. The Morgan fingerprint density at radius 1 is 0.750 bits per heavy atom. The fourth-order valence-corrected chi connectivity index (χ4v) is 3.13. The zero-order chi connectivity index (χ0) is 13.0. The summed E-state index contributed by atoms with van der Waals surface area (Å²) in [7, 11) is 0. The van der Waals surface area contributed by atoms with Gasteiger partial charge in [-0.25, -0.2) is 8.42 Å². The monoisotopic (exact) mass is 328 g/mol. The Morgan fingerprint density at radius 3 is 1.70 bits per heavy atom. The third-order valence-corrected chi connectivity index (χ3v) is 4.58. The molecule has 3 nitrogen and oxygen atoms in total. The van der Waals surface area contributed by atoms with E-state index in [1.165, 1.54) is 0 Å². The number of hydrogen-bond donors (Lipinski definition) is 0. The van der Waals surface area contributed by atoms with Crippen LogP contribution in [0.25, 0.3) is 0 Å². The zero-order valence-corrected chi connectivity index (χ0v) is 11.4. The number of aryl methyl sites for hydroxylation is 1. The molecule has 7 heteroatoms. The topological polar surface area (TPSA) is 43.4 Å². The molecule has 0 spiro atoms. The molecule has 2 atom stereocenters. The fraction of sp³-hybridized carbons (Fsp3) is 0.0769. The van der Waals surface area contributed by atoms with Crippen molar-refractivity contribution in [2.75, 3.05) is 0 Å². The molecule has 98 valence electrons. The van der Waals surface area contributed by atoms with Crippen LogP contribution in [0.2, 0.25) is 0 Å². The molecule has 0 aliphatic heterocycles. The molecule has 0 radical (unpaired) electrons. The second kappa shape index (κ2) is 10.4. The first-order valence-electron chi connectivity index (χ1n) is 5.31. The Kier molecular flexibility index (Phi) is 10.8. The van der Waals surface area contributed by atoms with E-state index in [4.69, 9.17) is 3.63 Å². The van der Waals surface area contributed by atoms with E-state index in [-0.39, 0.29) is 59.1 Å². The molecule has 0 fully saturated rings. The van der Waals surface area contributed by atoms with Gasteiger partial charge in [0.2, 0.25) is 22.2 Å². The summed E-state index contributed by atoms with van der Waals surface area (Å²) >= 11 is -3.44. The van der Waals surface area contributed by atoms with E-state index in [1.54, 1.807) is 36.4 Å². The Hall–Kier alpha value is 0.700. The predicted octanol–water partition coefficient (Wildman–Crippen LogP) is 1.46. The van der Waals surface area contributed by atoms with E-state index in [2.05, 4.69) is 0 Å². The van der Waals surface area contributed by atoms with Gasteiger partial charge in [-0.2, -0.15) is 3.63 Å². The van der Waals surface area contributed by atoms with Crippen molar-refractivity contribution in [3.8, 4) is 0 Å². The minimum absolute atomic E-state index is 0. The van der Waals surface area contributed by atoms with Gasteiger partial charge in [0.1, 0.15) is 0 Å². The van der Waals surface area contributed by atoms with Crippen molar-refractivity contribution in [2.45, 2.75) is 16.7 Å². The molecule has 2 aromatic carbocycles. The molecule has 20 heavy (non-hydrogen) atoms. The van der Waals surface area contributed by atoms with Crippen LogP contribution in [-0.2, 0) is 25.8 Å². The van der Waals surface area contributed by atoms with Gasteiger partial charge in [0.25, 0.3) is 0 Å². The molecule has 0 aliphatic carbocycles. The first-order valence-corrected chi connectivity index (χ1v) is 7.46. The zero-order valence-electron chi connectivity index (χ0n) is 9.74. The van der Waals surface area contributed by atoms with Crippen LogP contribution in [0.5, 0.6) is 0 Å². The van der Waals surface area contributed by atoms with Crippen LogP contribution >= 0.6 is 0 Å². The molecule has 0 bridgehead atoms. The van der Waals surface area contributed by atoms with E-state index in [1.807, 2.05) is 25.1 Å². The van der Waals surface area contributed by atoms with Crippen LogP contribution in [0.3, 0.4) is 0 Å². The third kappa shape index (κ3) is 6.22. The fourth-order valence-electron chi connectivity index (χ4n) is 1.32. The molecule has 0 heterocycles. The standard InChI is InChI=1S/C13H12O3S2.2Na.2H/c1-11-7-9-13(10-8-11)18(15)16-17(14)12-5-3-2-4-6-12;;;;/h2-10H,1H3;;;;. The Labute approximate surface area is 168 Å². The molecule has 0 saturated heterocycles. The van der Waals surface area contributed by atoms with Crippen molar-refractivity contribution >= 4 is 81.3 Å². The van der Waals surface area contributed by atoms with Gasteiger partial charge in [-0.1, -0.05) is 35.9 Å². The van der Waals surface area contributed by atoms with Crippen LogP contribution in [0.15, 0.2) is 64.4 Å². The maximum atomic E-state index is 11.8. The SMILES string of the molecule is Cc1ccc(S(=O)OS(=O)c2ccccc2)cc1.[NaH].[NaH]. The Balaban J connectivity index is 0.00000180. The Morgan fingerprint density at radius 2 is 1.20 bits per heavy atom. The molecule has 0 aromatic heterocycles. The van der Waals surface area contributed by atoms with Crippen molar-refractivity contribution in [1.29, 1.82) is 0 Å². The molecule has 0 amide bonds. The van der Waals surface area contributed by atoms with Gasteiger partial charge in [-0.3, -0.25) is 0 Å². The van der Waals surface area contributed by atoms with Gasteiger partial charge in [0.05, 0.1) is 9.79 Å². The first kappa shape index (κ1) is 20.7. The van der Waals surface area contributed by atoms with Crippen molar-refractivity contribution in [3.63, 3.8) is 0 Å². The molecule has 2 unspecified atom stereocenters. The van der Waals surface area contributed by atoms with Crippen molar-refractivity contribution in [3.05, 3.63) is 60.2 Å². The van der Waals surface area contributed by atoms with Crippen LogP contribution < -0.4 is 0 Å². The first-order chi connectivity index (χ1) is 8.66. The molecule has 2 aromatic rings. The van der Waals surface area contributed by atoms with E-state index < -0.39 is 22.2 Å². The quantitative estimate of drug-likeness (QED) is 0.798. The van der Waals surface area contributed by atoms with Crippen molar-refractivity contribution < 1.29 is 12.0 Å². The number of hydrogen-bond acceptors (Lipinski definition) is 3. The van der Waals surface area contributed by atoms with E-state index in [9.17, 15) is 8.42 Å². The summed E-state index contributed by atoms with van der Waals surface area (Å²) in [6.07, 6.45) is 0. The summed E-state index contributed by atoms with van der Waals surface area (Å²) in [5, 5.41) is 0. The number of benzene rings is 2. The average Bonchev–Trinajstić information content (AvgIpc) is 2.40. The summed E-state index contributed by atoms with van der Waals surface area (Å²) < 4.78 is 28.6. The summed E-state index contributed by atoms with van der Waals surface area (Å²) in [5.74, 6) is 0. The second-order valence-electron chi connectivity index (χ2n) is 3.66. The molecular formula is C13H14Na2O3S2. The van der Waals surface area contributed by atoms with Gasteiger partial charge in [-0.05, 0) is 31.2 Å². The van der Waals surface area contributed by atoms with Crippen LogP contribution in [0.4, 0.5) is 0 Å². The van der Waals surface area contributed by atoms with Gasteiger partial charge in [0.15, 0.2) is 0 Å². The van der Waals surface area contributed by atoms with Crippen LogP contribution in [-0.4, -0.2) is 67.5 Å². The maximum absolute atomic E-state index is 11.8. The van der Waals surface area contributed by atoms with Gasteiger partial charge >= 0.3 is 59.1 Å². The van der Waals surface area contributed by atoms with Crippen LogP contribution in [0.1, 0.15) is 5.56 Å². The molecule has 2 rings (SSSR count). The summed E-state index contributed by atoms with van der Waals surface area (Å²) in [6.45, 7) is 1.94. The predicted molar refractivity (Wildman–Crippen MR) is 85.8 cm³/mol. The van der Waals surface area contributed by atoms with Crippen molar-refractivity contribution in [1.82, 2.24) is 0 Å². The van der Waals surface area contributed by atoms with Crippen LogP contribution in [0, 0.1) is 6.92 Å². The molecule has 0 saturated carbocycles. The average molecular weight is 328 g/mol. The summed E-state index contributed by atoms with van der Waals surface area (Å²) in [6, 6.07) is 15.7. The van der Waals surface area contributed by atoms with Crippen molar-refractivity contribution in [2.24, 2.45) is 0 Å². The second-order valence-corrected chi connectivity index (χ2v) is 6.09. The van der Waals surface area contributed by atoms with Gasteiger partial charge in [-0.15, -0.1) is 0 Å². The Bertz CT molecular complexity index is 574. The minimum atomic E-state index is -1.72. The van der Waals surface area contributed by atoms with Gasteiger partial charge in [0, 0.05) is 0 Å². The van der Waals surface area contributed by atoms with E-state index in [0.717, 1.165) is 5.56 Å². The van der Waals surface area contributed by atoms with E-state index in [0.29, 0.717) is 9.79 Å². The molecular weight excluding hydrogens is 314 g/mol.